The fraction of sp³-hybridized carbons (Fsp3) is 1.00. The summed E-state index contributed by atoms with van der Waals surface area (Å²) in [4.78, 5) is 2.22. The summed E-state index contributed by atoms with van der Waals surface area (Å²) >= 11 is 0. The normalized spacial score (nSPS) is 30.6. The maximum atomic E-state index is 12.8. The minimum Gasteiger partial charge on any atom is -0.329 e. The molecule has 1 saturated carbocycles. The molecule has 0 aromatic carbocycles. The van der Waals surface area contributed by atoms with E-state index < -0.39 is 12.1 Å². The van der Waals surface area contributed by atoms with E-state index in [2.05, 4.69) is 32.6 Å². The van der Waals surface area contributed by atoms with Gasteiger partial charge in [-0.25, -0.2) is 0 Å². The van der Waals surface area contributed by atoms with Crippen LogP contribution >= 0.6 is 0 Å². The average Bonchev–Trinajstić information content (AvgIpc) is 2.34. The average molecular weight is 294 g/mol. The molecule has 20 heavy (non-hydrogen) atoms. The first-order valence-electron chi connectivity index (χ1n) is 7.44. The summed E-state index contributed by atoms with van der Waals surface area (Å²) in [6.07, 6.45) is -2.60. The van der Waals surface area contributed by atoms with E-state index in [1.807, 2.05) is 7.05 Å². The lowest BCUT2D eigenvalue weighted by molar-refractivity contribution is -0.189. The van der Waals surface area contributed by atoms with Crippen LogP contribution in [0, 0.1) is 11.3 Å². The Balaban J connectivity index is 2.81. The van der Waals surface area contributed by atoms with Crippen molar-refractivity contribution in [2.75, 3.05) is 13.6 Å². The first-order chi connectivity index (χ1) is 8.94. The predicted molar refractivity (Wildman–Crippen MR) is 76.5 cm³/mol. The zero-order chi connectivity index (χ0) is 15.8. The van der Waals surface area contributed by atoms with Crippen molar-refractivity contribution in [2.45, 2.75) is 71.1 Å². The number of hydrogen-bond donors (Lipinski definition) is 1. The molecule has 0 bridgehead atoms. The highest BCUT2D eigenvalue weighted by molar-refractivity contribution is 4.99. The lowest BCUT2D eigenvalue weighted by Crippen LogP contribution is -2.59. The van der Waals surface area contributed by atoms with E-state index in [4.69, 9.17) is 5.73 Å². The fourth-order valence-electron chi connectivity index (χ4n) is 3.18. The van der Waals surface area contributed by atoms with Crippen LogP contribution in [0.15, 0.2) is 0 Å². The topological polar surface area (TPSA) is 29.3 Å². The summed E-state index contributed by atoms with van der Waals surface area (Å²) in [5.41, 5.74) is 5.75. The molecule has 0 aromatic heterocycles. The van der Waals surface area contributed by atoms with E-state index in [0.717, 1.165) is 0 Å². The molecule has 0 aromatic rings. The van der Waals surface area contributed by atoms with E-state index in [1.165, 1.54) is 0 Å². The van der Waals surface area contributed by atoms with Crippen LogP contribution in [0.1, 0.15) is 53.4 Å². The summed E-state index contributed by atoms with van der Waals surface area (Å²) in [5.74, 6) is -1.15. The third-order valence-corrected chi connectivity index (χ3v) is 5.34. The number of likely N-dealkylation sites (N-methyl/N-ethyl adjacent to an activating group) is 1. The highest BCUT2D eigenvalue weighted by Crippen LogP contribution is 2.44. The van der Waals surface area contributed by atoms with Gasteiger partial charge in [0.1, 0.15) is 0 Å². The largest absolute Gasteiger partial charge is 0.391 e. The van der Waals surface area contributed by atoms with Crippen molar-refractivity contribution in [2.24, 2.45) is 17.1 Å². The van der Waals surface area contributed by atoms with E-state index in [1.54, 1.807) is 0 Å². The van der Waals surface area contributed by atoms with Gasteiger partial charge >= 0.3 is 6.18 Å². The van der Waals surface area contributed by atoms with Gasteiger partial charge in [-0.15, -0.1) is 0 Å². The second-order valence-electron chi connectivity index (χ2n) is 7.40. The minimum absolute atomic E-state index is 0.0811. The van der Waals surface area contributed by atoms with Crippen LogP contribution in [0.3, 0.4) is 0 Å². The van der Waals surface area contributed by atoms with Crippen molar-refractivity contribution in [3.05, 3.63) is 0 Å². The smallest absolute Gasteiger partial charge is 0.329 e. The second kappa shape index (κ2) is 5.84. The maximum absolute atomic E-state index is 12.8. The van der Waals surface area contributed by atoms with E-state index >= 15 is 0 Å². The molecule has 1 fully saturated rings. The molecule has 120 valence electrons. The van der Waals surface area contributed by atoms with Crippen LogP contribution in [-0.4, -0.2) is 36.2 Å². The van der Waals surface area contributed by atoms with Gasteiger partial charge in [-0.05, 0) is 45.1 Å². The molecular weight excluding hydrogens is 265 g/mol. The first-order valence-corrected chi connectivity index (χ1v) is 7.44. The molecule has 1 aliphatic rings. The highest BCUT2D eigenvalue weighted by atomic mass is 19.4. The van der Waals surface area contributed by atoms with Gasteiger partial charge in [0.15, 0.2) is 0 Å². The van der Waals surface area contributed by atoms with Gasteiger partial charge in [-0.1, -0.05) is 20.8 Å². The summed E-state index contributed by atoms with van der Waals surface area (Å²) in [5, 5.41) is 0. The lowest BCUT2D eigenvalue weighted by atomic mass is 9.73. The Morgan fingerprint density at radius 3 is 1.95 bits per heavy atom. The zero-order valence-corrected chi connectivity index (χ0v) is 13.3. The number of nitrogens with zero attached hydrogens (tertiary/aromatic N) is 1. The number of rotatable bonds is 3. The summed E-state index contributed by atoms with van der Waals surface area (Å²) in [6, 6.07) is 0.272. The number of halogens is 3. The van der Waals surface area contributed by atoms with Crippen LogP contribution in [0.2, 0.25) is 0 Å². The molecule has 0 aliphatic heterocycles. The monoisotopic (exact) mass is 294 g/mol. The van der Waals surface area contributed by atoms with Gasteiger partial charge in [0.2, 0.25) is 0 Å². The Labute approximate surface area is 120 Å². The molecule has 1 rings (SSSR count). The van der Waals surface area contributed by atoms with E-state index in [-0.39, 0.29) is 29.8 Å². The lowest BCUT2D eigenvalue weighted by Gasteiger charge is -2.51. The number of nitrogens with two attached hydrogens (primary N) is 1. The van der Waals surface area contributed by atoms with Crippen molar-refractivity contribution in [3.63, 3.8) is 0 Å². The van der Waals surface area contributed by atoms with Gasteiger partial charge in [-0.3, -0.25) is 4.90 Å². The molecule has 0 spiro atoms. The molecule has 1 aliphatic carbocycles. The zero-order valence-electron chi connectivity index (χ0n) is 13.3. The third kappa shape index (κ3) is 3.67. The predicted octanol–water partition coefficient (Wildman–Crippen LogP) is 3.80. The van der Waals surface area contributed by atoms with Gasteiger partial charge in [-0.2, -0.15) is 13.2 Å². The molecule has 0 saturated heterocycles. The Morgan fingerprint density at radius 1 is 1.20 bits per heavy atom. The quantitative estimate of drug-likeness (QED) is 0.858. The van der Waals surface area contributed by atoms with Crippen molar-refractivity contribution in [1.82, 2.24) is 4.90 Å². The molecule has 2 nitrogen and oxygen atoms in total. The molecule has 5 heteroatoms. The van der Waals surface area contributed by atoms with Gasteiger partial charge in [0, 0.05) is 18.1 Å². The minimum atomic E-state index is -4.06. The summed E-state index contributed by atoms with van der Waals surface area (Å²) in [7, 11) is 2.01. The Morgan fingerprint density at radius 2 is 1.65 bits per heavy atom. The van der Waals surface area contributed by atoms with Crippen LogP contribution in [0.4, 0.5) is 13.2 Å². The molecule has 0 radical (unpaired) electrons. The summed E-state index contributed by atoms with van der Waals surface area (Å²) in [6.45, 7) is 9.01. The van der Waals surface area contributed by atoms with Crippen molar-refractivity contribution < 1.29 is 13.2 Å². The Kier molecular flexibility index (Phi) is 5.18. The molecule has 0 heterocycles. The first kappa shape index (κ1) is 17.8. The van der Waals surface area contributed by atoms with Crippen molar-refractivity contribution in [1.29, 1.82) is 0 Å². The molecule has 0 amide bonds. The van der Waals surface area contributed by atoms with Crippen molar-refractivity contribution >= 4 is 0 Å². The van der Waals surface area contributed by atoms with Crippen LogP contribution in [0.5, 0.6) is 0 Å². The SMILES string of the molecule is CC(N(C)C1(CN)CCC(C(F)(F)F)CC1)C(C)(C)C. The van der Waals surface area contributed by atoms with Gasteiger partial charge < -0.3 is 5.73 Å². The number of hydrogen-bond acceptors (Lipinski definition) is 2. The molecule has 1 unspecified atom stereocenters. The van der Waals surface area contributed by atoms with E-state index in [0.29, 0.717) is 19.4 Å². The van der Waals surface area contributed by atoms with Crippen molar-refractivity contribution in [3.8, 4) is 0 Å². The maximum Gasteiger partial charge on any atom is 0.391 e. The Hall–Kier alpha value is -0.290. The molecular formula is C15H29F3N2. The van der Waals surface area contributed by atoms with Crippen LogP contribution in [-0.2, 0) is 0 Å². The van der Waals surface area contributed by atoms with Gasteiger partial charge in [0.25, 0.3) is 0 Å². The number of alkyl halides is 3. The molecule has 2 N–H and O–H groups in total. The second-order valence-corrected chi connectivity index (χ2v) is 7.40. The fourth-order valence-corrected chi connectivity index (χ4v) is 3.18. The molecule has 1 atom stereocenters. The Bertz CT molecular complexity index is 312. The van der Waals surface area contributed by atoms with Crippen LogP contribution in [0.25, 0.3) is 0 Å². The van der Waals surface area contributed by atoms with E-state index in [9.17, 15) is 13.2 Å². The standard InChI is InChI=1S/C15H29F3N2/c1-11(13(2,3)4)20(5)14(10-19)8-6-12(7-9-14)15(16,17)18/h11-12H,6-10,19H2,1-5H3. The van der Waals surface area contributed by atoms with Crippen LogP contribution < -0.4 is 5.73 Å². The third-order valence-electron chi connectivity index (χ3n) is 5.34. The summed E-state index contributed by atoms with van der Waals surface area (Å²) < 4.78 is 38.4. The highest BCUT2D eigenvalue weighted by Gasteiger charge is 2.48. The van der Waals surface area contributed by atoms with Gasteiger partial charge in [0.05, 0.1) is 5.92 Å².